The van der Waals surface area contributed by atoms with Crippen molar-refractivity contribution in [1.82, 2.24) is 4.90 Å². The van der Waals surface area contributed by atoms with Crippen LogP contribution < -0.4 is 0 Å². The molecule has 4 nitrogen and oxygen atoms in total. The zero-order valence-electron chi connectivity index (χ0n) is 21.9. The Kier molecular flexibility index (Phi) is 6.88. The number of nitrogens with zero attached hydrogens (tertiary/aromatic N) is 1. The molecule has 0 bridgehead atoms. The summed E-state index contributed by atoms with van der Waals surface area (Å²) in [6.07, 6.45) is -2.70. The summed E-state index contributed by atoms with van der Waals surface area (Å²) in [6, 6.07) is 9.67. The lowest BCUT2D eigenvalue weighted by Crippen LogP contribution is -2.52. The number of fused-ring (bicyclic) bond motifs is 3. The molecule has 5 rings (SSSR count). The van der Waals surface area contributed by atoms with Crippen LogP contribution in [0.3, 0.4) is 0 Å². The second kappa shape index (κ2) is 9.56. The quantitative estimate of drug-likeness (QED) is 0.437. The molecule has 2 aliphatic heterocycles. The number of benzene rings is 2. The number of carbonyl (C=O) groups excluding carboxylic acids is 1. The molecule has 39 heavy (non-hydrogen) atoms. The summed E-state index contributed by atoms with van der Waals surface area (Å²) in [5, 5.41) is 0. The van der Waals surface area contributed by atoms with Crippen molar-refractivity contribution in [3.8, 4) is 0 Å². The zero-order valence-corrected chi connectivity index (χ0v) is 22.7. The van der Waals surface area contributed by atoms with Crippen LogP contribution in [-0.4, -0.2) is 49.0 Å². The first-order valence-corrected chi connectivity index (χ1v) is 15.1. The highest BCUT2D eigenvalue weighted by Gasteiger charge is 2.57. The maximum absolute atomic E-state index is 14.9. The standard InChI is InChI=1S/C29H32F5NO3S/c1-18-16-28(17-19-3-7-23(30)8-4-19)24-9-6-22(27(2,31)29(32,33)34)15-21(24)5-10-25(28)35(18)26(36)20-11-13-39(37,38)14-12-20/h3-4,6-9,15,18,20,25H,5,10-14,16-17H2,1-2H3/t18-,25?,27?,28?/m0/s1. The number of likely N-dealkylation sites (tertiary alicyclic amines) is 1. The third-order valence-electron chi connectivity index (χ3n) is 9.10. The molecule has 3 unspecified atom stereocenters. The van der Waals surface area contributed by atoms with E-state index in [1.165, 1.54) is 24.3 Å². The summed E-state index contributed by atoms with van der Waals surface area (Å²) >= 11 is 0. The summed E-state index contributed by atoms with van der Waals surface area (Å²) in [5.74, 6) is -0.926. The van der Waals surface area contributed by atoms with Gasteiger partial charge in [-0.1, -0.05) is 30.3 Å². The van der Waals surface area contributed by atoms with Crippen LogP contribution >= 0.6 is 0 Å². The van der Waals surface area contributed by atoms with Crippen LogP contribution in [-0.2, 0) is 38.6 Å². The predicted octanol–water partition coefficient (Wildman–Crippen LogP) is 5.81. The molecule has 0 saturated carbocycles. The van der Waals surface area contributed by atoms with Gasteiger partial charge in [0.05, 0.1) is 11.5 Å². The van der Waals surface area contributed by atoms with Gasteiger partial charge >= 0.3 is 6.18 Å². The summed E-state index contributed by atoms with van der Waals surface area (Å²) in [6.45, 7) is 2.47. The Balaban J connectivity index is 1.56. The van der Waals surface area contributed by atoms with Crippen molar-refractivity contribution in [1.29, 1.82) is 0 Å². The van der Waals surface area contributed by atoms with E-state index in [2.05, 4.69) is 0 Å². The van der Waals surface area contributed by atoms with Gasteiger partial charge in [0.1, 0.15) is 15.7 Å². The number of aryl methyl sites for hydroxylation is 1. The third kappa shape index (κ3) is 4.87. The zero-order chi connectivity index (χ0) is 28.4. The second-order valence-electron chi connectivity index (χ2n) is 11.6. The van der Waals surface area contributed by atoms with Gasteiger partial charge in [-0.2, -0.15) is 13.2 Å². The average Bonchev–Trinajstić information content (AvgIpc) is 3.15. The van der Waals surface area contributed by atoms with Crippen LogP contribution in [0.4, 0.5) is 22.0 Å². The van der Waals surface area contributed by atoms with E-state index in [1.54, 1.807) is 18.2 Å². The topological polar surface area (TPSA) is 54.5 Å². The summed E-state index contributed by atoms with van der Waals surface area (Å²) in [7, 11) is -3.14. The molecule has 0 radical (unpaired) electrons. The van der Waals surface area contributed by atoms with E-state index in [0.29, 0.717) is 38.2 Å². The minimum atomic E-state index is -5.07. The minimum absolute atomic E-state index is 0.0240. The smallest absolute Gasteiger partial charge is 0.336 e. The van der Waals surface area contributed by atoms with E-state index in [0.717, 1.165) is 11.1 Å². The molecule has 0 spiro atoms. The molecule has 1 aliphatic carbocycles. The number of hydrogen-bond donors (Lipinski definition) is 0. The van der Waals surface area contributed by atoms with Gasteiger partial charge in [-0.25, -0.2) is 17.2 Å². The maximum atomic E-state index is 14.9. The summed E-state index contributed by atoms with van der Waals surface area (Å²) < 4.78 is 93.0. The molecule has 0 N–H and O–H groups in total. The SMILES string of the molecule is C[C@H]1CC2(Cc3ccc(F)cc3)c3ccc(C(C)(F)C(F)(F)F)cc3CCC2N1C(=O)C1CCS(=O)(=O)CC1. The Bertz CT molecular complexity index is 1360. The Morgan fingerprint density at radius 2 is 1.67 bits per heavy atom. The number of amides is 1. The lowest BCUT2D eigenvalue weighted by molar-refractivity contribution is -0.228. The van der Waals surface area contributed by atoms with Crippen LogP contribution in [0.2, 0.25) is 0 Å². The molecule has 2 aromatic carbocycles. The number of rotatable bonds is 4. The van der Waals surface area contributed by atoms with E-state index < -0.39 is 38.6 Å². The molecule has 3 aliphatic rings. The van der Waals surface area contributed by atoms with Crippen LogP contribution in [0.15, 0.2) is 42.5 Å². The number of alkyl halides is 4. The van der Waals surface area contributed by atoms with E-state index >= 15 is 0 Å². The highest BCUT2D eigenvalue weighted by Crippen LogP contribution is 2.53. The second-order valence-corrected chi connectivity index (χ2v) is 13.9. The molecular formula is C29H32F5NO3S. The number of hydrogen-bond acceptors (Lipinski definition) is 3. The molecule has 2 heterocycles. The number of sulfone groups is 1. The first kappa shape index (κ1) is 28.1. The van der Waals surface area contributed by atoms with Gasteiger partial charge in [-0.05, 0) is 86.8 Å². The van der Waals surface area contributed by atoms with Crippen LogP contribution in [0.5, 0.6) is 0 Å². The molecule has 2 aromatic rings. The minimum Gasteiger partial charge on any atom is -0.336 e. The van der Waals surface area contributed by atoms with Gasteiger partial charge in [-0.15, -0.1) is 0 Å². The van der Waals surface area contributed by atoms with Crippen molar-refractivity contribution in [2.45, 2.75) is 81.7 Å². The Morgan fingerprint density at radius 3 is 2.28 bits per heavy atom. The van der Waals surface area contributed by atoms with E-state index in [4.69, 9.17) is 0 Å². The maximum Gasteiger partial charge on any atom is 0.426 e. The highest BCUT2D eigenvalue weighted by atomic mass is 32.2. The normalized spacial score (nSPS) is 28.4. The van der Waals surface area contributed by atoms with Crippen molar-refractivity contribution in [3.05, 3.63) is 70.5 Å². The fraction of sp³-hybridized carbons (Fsp3) is 0.552. The predicted molar refractivity (Wildman–Crippen MR) is 137 cm³/mol. The van der Waals surface area contributed by atoms with Crippen molar-refractivity contribution in [3.63, 3.8) is 0 Å². The Hall–Kier alpha value is -2.49. The van der Waals surface area contributed by atoms with Gasteiger partial charge in [0.2, 0.25) is 11.6 Å². The van der Waals surface area contributed by atoms with Crippen LogP contribution in [0, 0.1) is 11.7 Å². The van der Waals surface area contributed by atoms with Crippen molar-refractivity contribution < 1.29 is 35.2 Å². The molecule has 2 saturated heterocycles. The number of carbonyl (C=O) groups is 1. The van der Waals surface area contributed by atoms with Crippen LogP contribution in [0.25, 0.3) is 0 Å². The van der Waals surface area contributed by atoms with Gasteiger partial charge in [0.15, 0.2) is 0 Å². The Morgan fingerprint density at radius 1 is 1.03 bits per heavy atom. The van der Waals surface area contributed by atoms with Crippen molar-refractivity contribution in [2.75, 3.05) is 11.5 Å². The van der Waals surface area contributed by atoms with Crippen LogP contribution in [0.1, 0.15) is 61.8 Å². The molecule has 4 atom stereocenters. The molecule has 10 heteroatoms. The molecule has 212 valence electrons. The molecule has 2 fully saturated rings. The molecular weight excluding hydrogens is 537 g/mol. The van der Waals surface area contributed by atoms with Gasteiger partial charge in [0, 0.05) is 23.4 Å². The average molecular weight is 570 g/mol. The monoisotopic (exact) mass is 569 g/mol. The Labute approximate surface area is 225 Å². The lowest BCUT2D eigenvalue weighted by atomic mass is 9.63. The molecule has 0 aromatic heterocycles. The van der Waals surface area contributed by atoms with E-state index in [1.807, 2.05) is 11.8 Å². The van der Waals surface area contributed by atoms with Crippen molar-refractivity contribution in [2.24, 2.45) is 5.92 Å². The molecule has 1 amide bonds. The lowest BCUT2D eigenvalue weighted by Gasteiger charge is -2.45. The summed E-state index contributed by atoms with van der Waals surface area (Å²) in [5.41, 5.74) is -2.37. The van der Waals surface area contributed by atoms with E-state index in [-0.39, 0.29) is 48.2 Å². The van der Waals surface area contributed by atoms with Gasteiger partial charge < -0.3 is 4.90 Å². The fourth-order valence-corrected chi connectivity index (χ4v) is 8.54. The van der Waals surface area contributed by atoms with Gasteiger partial charge in [0.25, 0.3) is 0 Å². The number of halogens is 5. The largest absolute Gasteiger partial charge is 0.426 e. The fourth-order valence-electron chi connectivity index (χ4n) is 7.04. The first-order chi connectivity index (χ1) is 18.1. The highest BCUT2D eigenvalue weighted by molar-refractivity contribution is 7.91. The summed E-state index contributed by atoms with van der Waals surface area (Å²) in [4.78, 5) is 15.7. The third-order valence-corrected chi connectivity index (χ3v) is 10.8. The van der Waals surface area contributed by atoms with Crippen molar-refractivity contribution >= 4 is 15.7 Å². The van der Waals surface area contributed by atoms with E-state index in [9.17, 15) is 35.2 Å². The van der Waals surface area contributed by atoms with Gasteiger partial charge in [-0.3, -0.25) is 4.79 Å². The first-order valence-electron chi connectivity index (χ1n) is 13.3.